The molecule has 94 valence electrons. The summed E-state index contributed by atoms with van der Waals surface area (Å²) in [5, 5.41) is 2.98. The minimum absolute atomic E-state index is 0.00943. The standard InChI is InChI=1S/C12H13BrF3N/c13-10-4-2-1-3-9(10)11-6-5-8(7-17-11)12(14,15)16/h1-4,8,11,17H,5-7H2. The Morgan fingerprint density at radius 3 is 2.41 bits per heavy atom. The molecule has 0 bridgehead atoms. The van der Waals surface area contributed by atoms with Gasteiger partial charge in [0.2, 0.25) is 0 Å². The smallest absolute Gasteiger partial charge is 0.309 e. The van der Waals surface area contributed by atoms with Crippen molar-refractivity contribution in [2.24, 2.45) is 5.92 Å². The highest BCUT2D eigenvalue weighted by Crippen LogP contribution is 2.36. The molecule has 1 nitrogen and oxygen atoms in total. The molecule has 1 aromatic carbocycles. The first-order valence-corrected chi connectivity index (χ1v) is 6.32. The van der Waals surface area contributed by atoms with Gasteiger partial charge in [-0.3, -0.25) is 0 Å². The van der Waals surface area contributed by atoms with Crippen molar-refractivity contribution in [1.29, 1.82) is 0 Å². The molecule has 0 aliphatic carbocycles. The summed E-state index contributed by atoms with van der Waals surface area (Å²) in [6.07, 6.45) is -3.36. The van der Waals surface area contributed by atoms with Crippen LogP contribution in [0.25, 0.3) is 0 Å². The Morgan fingerprint density at radius 2 is 1.88 bits per heavy atom. The van der Waals surface area contributed by atoms with Crippen molar-refractivity contribution in [2.45, 2.75) is 25.1 Å². The van der Waals surface area contributed by atoms with Crippen LogP contribution in [0.5, 0.6) is 0 Å². The third-order valence-electron chi connectivity index (χ3n) is 3.16. The molecule has 1 aliphatic rings. The summed E-state index contributed by atoms with van der Waals surface area (Å²) >= 11 is 3.42. The maximum atomic E-state index is 12.5. The van der Waals surface area contributed by atoms with Crippen molar-refractivity contribution < 1.29 is 13.2 Å². The van der Waals surface area contributed by atoms with Crippen molar-refractivity contribution in [1.82, 2.24) is 5.32 Å². The van der Waals surface area contributed by atoms with Gasteiger partial charge in [0, 0.05) is 17.1 Å². The number of halogens is 4. The molecular formula is C12H13BrF3N. The average Bonchev–Trinajstić information content (AvgIpc) is 2.29. The summed E-state index contributed by atoms with van der Waals surface area (Å²) in [5.41, 5.74) is 1.04. The second-order valence-electron chi connectivity index (χ2n) is 4.30. The molecule has 1 fully saturated rings. The lowest BCUT2D eigenvalue weighted by molar-refractivity contribution is -0.179. The molecule has 17 heavy (non-hydrogen) atoms. The van der Waals surface area contributed by atoms with Gasteiger partial charge in [-0.25, -0.2) is 0 Å². The first-order valence-electron chi connectivity index (χ1n) is 5.53. The molecule has 1 aliphatic heterocycles. The van der Waals surface area contributed by atoms with Gasteiger partial charge in [-0.15, -0.1) is 0 Å². The zero-order chi connectivity index (χ0) is 12.5. The van der Waals surface area contributed by atoms with Gasteiger partial charge in [-0.05, 0) is 24.5 Å². The van der Waals surface area contributed by atoms with Crippen molar-refractivity contribution in [3.8, 4) is 0 Å². The van der Waals surface area contributed by atoms with Gasteiger partial charge >= 0.3 is 6.18 Å². The molecule has 2 rings (SSSR count). The number of hydrogen-bond donors (Lipinski definition) is 1. The van der Waals surface area contributed by atoms with Gasteiger partial charge in [0.25, 0.3) is 0 Å². The Bertz CT molecular complexity index is 384. The van der Waals surface area contributed by atoms with Crippen LogP contribution in [0.1, 0.15) is 24.4 Å². The van der Waals surface area contributed by atoms with E-state index in [9.17, 15) is 13.2 Å². The van der Waals surface area contributed by atoms with Crippen molar-refractivity contribution >= 4 is 15.9 Å². The quantitative estimate of drug-likeness (QED) is 0.825. The lowest BCUT2D eigenvalue weighted by atomic mass is 9.90. The fourth-order valence-corrected chi connectivity index (χ4v) is 2.72. The van der Waals surface area contributed by atoms with Crippen LogP contribution in [0.4, 0.5) is 13.2 Å². The number of rotatable bonds is 1. The van der Waals surface area contributed by atoms with Crippen LogP contribution in [0.3, 0.4) is 0 Å². The summed E-state index contributed by atoms with van der Waals surface area (Å²) in [6.45, 7) is 0.00943. The van der Waals surface area contributed by atoms with E-state index < -0.39 is 12.1 Å². The summed E-state index contributed by atoms with van der Waals surface area (Å²) in [6, 6.07) is 7.67. The molecule has 1 saturated heterocycles. The van der Waals surface area contributed by atoms with E-state index in [1.54, 1.807) is 0 Å². The van der Waals surface area contributed by atoms with Gasteiger partial charge in [-0.2, -0.15) is 13.2 Å². The fourth-order valence-electron chi connectivity index (χ4n) is 2.16. The van der Waals surface area contributed by atoms with Gasteiger partial charge in [0.05, 0.1) is 5.92 Å². The van der Waals surface area contributed by atoms with Crippen LogP contribution in [0.15, 0.2) is 28.7 Å². The molecule has 1 N–H and O–H groups in total. The molecule has 5 heteroatoms. The highest BCUT2D eigenvalue weighted by molar-refractivity contribution is 9.10. The van der Waals surface area contributed by atoms with Gasteiger partial charge in [-0.1, -0.05) is 34.1 Å². The SMILES string of the molecule is FC(F)(F)C1CCC(c2ccccc2Br)NC1. The van der Waals surface area contributed by atoms with Crippen molar-refractivity contribution in [3.63, 3.8) is 0 Å². The van der Waals surface area contributed by atoms with Crippen LogP contribution in [0.2, 0.25) is 0 Å². The van der Waals surface area contributed by atoms with E-state index >= 15 is 0 Å². The third kappa shape index (κ3) is 3.01. The maximum Gasteiger partial charge on any atom is 0.393 e. The molecule has 1 aromatic rings. The molecule has 2 unspecified atom stereocenters. The van der Waals surface area contributed by atoms with E-state index in [-0.39, 0.29) is 19.0 Å². The van der Waals surface area contributed by atoms with Crippen LogP contribution in [0, 0.1) is 5.92 Å². The van der Waals surface area contributed by atoms with Crippen LogP contribution in [-0.4, -0.2) is 12.7 Å². The normalized spacial score (nSPS) is 25.9. The topological polar surface area (TPSA) is 12.0 Å². The molecule has 0 radical (unpaired) electrons. The second-order valence-corrected chi connectivity index (χ2v) is 5.15. The zero-order valence-electron chi connectivity index (χ0n) is 9.10. The Kier molecular flexibility index (Phi) is 3.78. The highest BCUT2D eigenvalue weighted by Gasteiger charge is 2.41. The Balaban J connectivity index is 2.03. The summed E-state index contributed by atoms with van der Waals surface area (Å²) in [5.74, 6) is -1.21. The molecule has 2 atom stereocenters. The average molecular weight is 308 g/mol. The van der Waals surface area contributed by atoms with Crippen molar-refractivity contribution in [2.75, 3.05) is 6.54 Å². The molecule has 0 saturated carbocycles. The lowest BCUT2D eigenvalue weighted by Gasteiger charge is -2.31. The van der Waals surface area contributed by atoms with E-state index in [1.807, 2.05) is 24.3 Å². The van der Waals surface area contributed by atoms with Gasteiger partial charge < -0.3 is 5.32 Å². The third-order valence-corrected chi connectivity index (χ3v) is 3.88. The number of alkyl halides is 3. The van der Waals surface area contributed by atoms with Crippen molar-refractivity contribution in [3.05, 3.63) is 34.3 Å². The fraction of sp³-hybridized carbons (Fsp3) is 0.500. The Morgan fingerprint density at radius 1 is 1.18 bits per heavy atom. The van der Waals surface area contributed by atoms with Gasteiger partial charge in [0.1, 0.15) is 0 Å². The van der Waals surface area contributed by atoms with E-state index in [4.69, 9.17) is 0 Å². The van der Waals surface area contributed by atoms with E-state index in [1.165, 1.54) is 0 Å². The number of nitrogens with one attached hydrogen (secondary N) is 1. The molecule has 0 amide bonds. The summed E-state index contributed by atoms with van der Waals surface area (Å²) in [7, 11) is 0. The van der Waals surface area contributed by atoms with Gasteiger partial charge in [0.15, 0.2) is 0 Å². The first kappa shape index (κ1) is 12.9. The zero-order valence-corrected chi connectivity index (χ0v) is 10.7. The largest absolute Gasteiger partial charge is 0.393 e. The second kappa shape index (κ2) is 4.98. The lowest BCUT2D eigenvalue weighted by Crippen LogP contribution is -2.40. The molecular weight excluding hydrogens is 295 g/mol. The van der Waals surface area contributed by atoms with Crippen LogP contribution < -0.4 is 5.32 Å². The predicted molar refractivity (Wildman–Crippen MR) is 63.7 cm³/mol. The van der Waals surface area contributed by atoms with E-state index in [0.717, 1.165) is 10.0 Å². The highest BCUT2D eigenvalue weighted by atomic mass is 79.9. The van der Waals surface area contributed by atoms with E-state index in [0.29, 0.717) is 6.42 Å². The summed E-state index contributed by atoms with van der Waals surface area (Å²) in [4.78, 5) is 0. The molecule has 0 aromatic heterocycles. The monoisotopic (exact) mass is 307 g/mol. The number of hydrogen-bond acceptors (Lipinski definition) is 1. The molecule has 0 spiro atoms. The maximum absolute atomic E-state index is 12.5. The minimum Gasteiger partial charge on any atom is -0.309 e. The number of piperidine rings is 1. The number of benzene rings is 1. The van der Waals surface area contributed by atoms with Crippen LogP contribution in [-0.2, 0) is 0 Å². The summed E-state index contributed by atoms with van der Waals surface area (Å²) < 4.78 is 38.4. The molecule has 1 heterocycles. The van der Waals surface area contributed by atoms with E-state index in [2.05, 4.69) is 21.2 Å². The van der Waals surface area contributed by atoms with Crippen LogP contribution >= 0.6 is 15.9 Å². The minimum atomic E-state index is -4.08. The predicted octanol–water partition coefficient (Wildman–Crippen LogP) is 4.05. The first-order chi connectivity index (χ1) is 7.98. The Labute approximate surface area is 107 Å². The Hall–Kier alpha value is -0.550.